The van der Waals surface area contributed by atoms with E-state index in [1.54, 1.807) is 31.3 Å². The molecule has 1 saturated heterocycles. The fourth-order valence-corrected chi connectivity index (χ4v) is 5.30. The van der Waals surface area contributed by atoms with Crippen LogP contribution >= 0.6 is 0 Å². The van der Waals surface area contributed by atoms with Crippen LogP contribution in [0.25, 0.3) is 0 Å². The summed E-state index contributed by atoms with van der Waals surface area (Å²) in [7, 11) is 3.09. The topological polar surface area (TPSA) is 68.3 Å². The molecule has 4 atom stereocenters. The minimum Gasteiger partial charge on any atom is -0.454 e. The Bertz CT molecular complexity index is 978. The third-order valence-electron chi connectivity index (χ3n) is 6.62. The Balaban J connectivity index is 1.76. The predicted octanol–water partition coefficient (Wildman–Crippen LogP) is 1.74. The van der Waals surface area contributed by atoms with Crippen molar-refractivity contribution >= 4 is 11.8 Å². The Morgan fingerprint density at radius 3 is 2.63 bits per heavy atom. The van der Waals surface area contributed by atoms with Gasteiger partial charge in [0.25, 0.3) is 0 Å². The fourth-order valence-electron chi connectivity index (χ4n) is 5.30. The van der Waals surface area contributed by atoms with Crippen molar-refractivity contribution < 1.29 is 37.0 Å². The zero-order chi connectivity index (χ0) is 21.4. The summed E-state index contributed by atoms with van der Waals surface area (Å²) in [5.41, 5.74) is 0.0364. The van der Waals surface area contributed by atoms with Crippen molar-refractivity contribution in [3.63, 3.8) is 0 Å². The van der Waals surface area contributed by atoms with Gasteiger partial charge in [-0.2, -0.15) is 13.2 Å². The fraction of sp³-hybridized carbons (Fsp3) is 0.500. The highest BCUT2D eigenvalue weighted by Gasteiger charge is 2.66. The molecule has 30 heavy (non-hydrogen) atoms. The van der Waals surface area contributed by atoms with Crippen molar-refractivity contribution in [1.82, 2.24) is 9.80 Å². The number of hydrogen-bond donors (Lipinski definition) is 0. The van der Waals surface area contributed by atoms with Crippen LogP contribution in [0.3, 0.4) is 0 Å². The SMILES string of the molecule is CO[C@@H]1C=C[C@@]23c4cc5c(cc4CN(C(=O)C(F)(F)F)[C@@H]2C(=O)N(C)[C@H]3C1)OCO5. The summed E-state index contributed by atoms with van der Waals surface area (Å²) in [5.74, 6) is -1.67. The van der Waals surface area contributed by atoms with E-state index in [0.717, 1.165) is 0 Å². The normalized spacial score (nSPS) is 31.5. The second-order valence-corrected chi connectivity index (χ2v) is 7.96. The van der Waals surface area contributed by atoms with Gasteiger partial charge in [0.05, 0.1) is 11.5 Å². The lowest BCUT2D eigenvalue weighted by Crippen LogP contribution is -2.61. The molecule has 3 heterocycles. The standard InChI is InChI=1S/C20H19F3N2O5/c1-24-15-6-11(28-2)3-4-19(15)12-7-14-13(29-9-30-14)5-10(12)8-25(16(19)17(24)26)18(27)20(21,22)23/h3-5,7,11,15-16H,6,8-9H2,1-2H3/t11-,15+,16-,19+/m1/s1. The molecule has 160 valence electrons. The molecule has 3 aliphatic heterocycles. The molecule has 4 aliphatic rings. The third-order valence-corrected chi connectivity index (χ3v) is 6.62. The van der Waals surface area contributed by atoms with Crippen LogP contribution in [0.1, 0.15) is 17.5 Å². The van der Waals surface area contributed by atoms with Crippen LogP contribution < -0.4 is 9.47 Å². The van der Waals surface area contributed by atoms with Crippen LogP contribution in [0.4, 0.5) is 13.2 Å². The van der Waals surface area contributed by atoms with Gasteiger partial charge in [-0.1, -0.05) is 12.2 Å². The maximum absolute atomic E-state index is 13.5. The maximum Gasteiger partial charge on any atom is 0.471 e. The van der Waals surface area contributed by atoms with E-state index >= 15 is 0 Å². The van der Waals surface area contributed by atoms with E-state index in [0.29, 0.717) is 33.9 Å². The zero-order valence-corrected chi connectivity index (χ0v) is 16.2. The van der Waals surface area contributed by atoms with E-state index in [1.807, 2.05) is 0 Å². The summed E-state index contributed by atoms with van der Waals surface area (Å²) in [6.07, 6.45) is -1.50. The molecule has 1 spiro atoms. The molecule has 1 aliphatic carbocycles. The average molecular weight is 424 g/mol. The van der Waals surface area contributed by atoms with Gasteiger partial charge in [-0.15, -0.1) is 0 Å². The highest BCUT2D eigenvalue weighted by molar-refractivity contribution is 5.95. The summed E-state index contributed by atoms with van der Waals surface area (Å²) >= 11 is 0. The van der Waals surface area contributed by atoms with Crippen LogP contribution in [0.15, 0.2) is 24.3 Å². The Morgan fingerprint density at radius 2 is 1.97 bits per heavy atom. The number of likely N-dealkylation sites (N-methyl/N-ethyl adjacent to an activating group) is 1. The first-order chi connectivity index (χ1) is 14.2. The minimum absolute atomic E-state index is 0.00367. The molecule has 1 aromatic carbocycles. The molecular formula is C20H19F3N2O5. The first-order valence-corrected chi connectivity index (χ1v) is 9.48. The molecule has 7 nitrogen and oxygen atoms in total. The molecule has 0 unspecified atom stereocenters. The quantitative estimate of drug-likeness (QED) is 0.643. The monoisotopic (exact) mass is 424 g/mol. The number of hydrogen-bond acceptors (Lipinski definition) is 5. The number of methoxy groups -OCH3 is 1. The van der Waals surface area contributed by atoms with Crippen LogP contribution in [0.2, 0.25) is 0 Å². The lowest BCUT2D eigenvalue weighted by atomic mass is 9.63. The Hall–Kier alpha value is -2.75. The van der Waals surface area contributed by atoms with Crippen molar-refractivity contribution in [2.45, 2.75) is 42.7 Å². The summed E-state index contributed by atoms with van der Waals surface area (Å²) in [6.45, 7) is -0.339. The first-order valence-electron chi connectivity index (χ1n) is 9.48. The minimum atomic E-state index is -5.10. The Labute approximate surface area is 170 Å². The van der Waals surface area contributed by atoms with Gasteiger partial charge >= 0.3 is 12.1 Å². The lowest BCUT2D eigenvalue weighted by molar-refractivity contribution is -0.190. The number of amides is 2. The number of rotatable bonds is 1. The van der Waals surface area contributed by atoms with E-state index in [1.165, 1.54) is 12.0 Å². The first kappa shape index (κ1) is 19.2. The van der Waals surface area contributed by atoms with Crippen LogP contribution in [-0.2, 0) is 26.3 Å². The number of fused-ring (bicyclic) bond motifs is 2. The third kappa shape index (κ3) is 2.36. The summed E-state index contributed by atoms with van der Waals surface area (Å²) in [5, 5.41) is 0. The van der Waals surface area contributed by atoms with Crippen molar-refractivity contribution in [3.8, 4) is 11.5 Å². The lowest BCUT2D eigenvalue weighted by Gasteiger charge is -2.48. The summed E-state index contributed by atoms with van der Waals surface area (Å²) < 4.78 is 56.6. The predicted molar refractivity (Wildman–Crippen MR) is 95.7 cm³/mol. The molecule has 0 bridgehead atoms. The number of alkyl halides is 3. The van der Waals surface area contributed by atoms with Crippen molar-refractivity contribution in [2.75, 3.05) is 21.0 Å². The van der Waals surface area contributed by atoms with Gasteiger partial charge in [0.2, 0.25) is 12.7 Å². The van der Waals surface area contributed by atoms with E-state index in [9.17, 15) is 22.8 Å². The molecular weight excluding hydrogens is 405 g/mol. The Kier molecular flexibility index (Phi) is 3.93. The number of benzene rings is 1. The highest BCUT2D eigenvalue weighted by Crippen LogP contribution is 2.54. The smallest absolute Gasteiger partial charge is 0.454 e. The van der Waals surface area contributed by atoms with E-state index < -0.39 is 35.5 Å². The summed E-state index contributed by atoms with van der Waals surface area (Å²) in [6, 6.07) is 1.56. The van der Waals surface area contributed by atoms with E-state index in [-0.39, 0.29) is 19.4 Å². The average Bonchev–Trinajstić information content (AvgIpc) is 3.25. The van der Waals surface area contributed by atoms with Crippen molar-refractivity contribution in [1.29, 1.82) is 0 Å². The number of halogens is 3. The van der Waals surface area contributed by atoms with Gasteiger partial charge in [-0.25, -0.2) is 0 Å². The number of carbonyl (C=O) groups is 2. The molecule has 0 N–H and O–H groups in total. The Morgan fingerprint density at radius 1 is 1.27 bits per heavy atom. The highest BCUT2D eigenvalue weighted by atomic mass is 19.4. The number of carbonyl (C=O) groups excluding carboxylic acids is 2. The van der Waals surface area contributed by atoms with Crippen LogP contribution in [0.5, 0.6) is 11.5 Å². The zero-order valence-electron chi connectivity index (χ0n) is 16.2. The second kappa shape index (κ2) is 6.13. The van der Waals surface area contributed by atoms with Gasteiger partial charge in [0.1, 0.15) is 6.04 Å². The molecule has 5 rings (SSSR count). The largest absolute Gasteiger partial charge is 0.471 e. The maximum atomic E-state index is 13.5. The number of ether oxygens (including phenoxy) is 3. The molecule has 0 saturated carbocycles. The van der Waals surface area contributed by atoms with Gasteiger partial charge in [0.15, 0.2) is 11.5 Å². The van der Waals surface area contributed by atoms with Crippen LogP contribution in [0, 0.1) is 0 Å². The van der Waals surface area contributed by atoms with Gasteiger partial charge in [-0.3, -0.25) is 9.59 Å². The molecule has 1 aromatic rings. The van der Waals surface area contributed by atoms with E-state index in [2.05, 4.69) is 0 Å². The van der Waals surface area contributed by atoms with Gasteiger partial charge < -0.3 is 24.0 Å². The van der Waals surface area contributed by atoms with Crippen molar-refractivity contribution in [3.05, 3.63) is 35.4 Å². The number of likely N-dealkylation sites (tertiary alicyclic amines) is 1. The second-order valence-electron chi connectivity index (χ2n) is 7.96. The number of nitrogens with zero attached hydrogens (tertiary/aromatic N) is 2. The van der Waals surface area contributed by atoms with Gasteiger partial charge in [-0.05, 0) is 29.7 Å². The van der Waals surface area contributed by atoms with Gasteiger partial charge in [0, 0.05) is 26.7 Å². The molecule has 2 amide bonds. The van der Waals surface area contributed by atoms with E-state index in [4.69, 9.17) is 14.2 Å². The summed E-state index contributed by atoms with van der Waals surface area (Å²) in [4.78, 5) is 27.7. The van der Waals surface area contributed by atoms with Crippen LogP contribution in [-0.4, -0.2) is 66.9 Å². The molecule has 1 fully saturated rings. The molecule has 0 radical (unpaired) electrons. The molecule has 0 aromatic heterocycles. The van der Waals surface area contributed by atoms with Crippen molar-refractivity contribution in [2.24, 2.45) is 0 Å². The molecule has 10 heteroatoms.